The number of amidine groups is 2. The van der Waals surface area contributed by atoms with Crippen LogP contribution in [0.3, 0.4) is 0 Å². The van der Waals surface area contributed by atoms with Gasteiger partial charge in [-0.05, 0) is 72.4 Å². The molecule has 50 heavy (non-hydrogen) atoms. The zero-order valence-corrected chi connectivity index (χ0v) is 28.9. The summed E-state index contributed by atoms with van der Waals surface area (Å²) in [5.41, 5.74) is 8.27. The van der Waals surface area contributed by atoms with Gasteiger partial charge < -0.3 is 20.6 Å². The van der Waals surface area contributed by atoms with E-state index in [1.807, 2.05) is 85.0 Å². The predicted molar refractivity (Wildman–Crippen MR) is 216 cm³/mol. The van der Waals surface area contributed by atoms with Crippen LogP contribution < -0.4 is 32.0 Å². The Balaban J connectivity index is 1.30. The minimum Gasteiger partial charge on any atom is -0.325 e. The van der Waals surface area contributed by atoms with Gasteiger partial charge in [-0.3, -0.25) is 0 Å². The number of hydrogen-bond acceptors (Lipinski definition) is 10. The lowest BCUT2D eigenvalue weighted by molar-refractivity contribution is 1.08. The highest BCUT2D eigenvalue weighted by molar-refractivity contribution is 7.82. The Morgan fingerprint density at radius 2 is 1.08 bits per heavy atom. The van der Waals surface area contributed by atoms with Gasteiger partial charge in [0.05, 0.1) is 0 Å². The highest BCUT2D eigenvalue weighted by Crippen LogP contribution is 2.33. The molecule has 0 atom stereocenters. The third-order valence-corrected chi connectivity index (χ3v) is 10.2. The van der Waals surface area contributed by atoms with Crippen molar-refractivity contribution in [3.63, 3.8) is 0 Å². The number of fused-ring (bicyclic) bond motifs is 16. The number of thiocarbonyl (C=S) groups is 4. The molecule has 0 amide bonds. The quantitative estimate of drug-likeness (QED) is 0.268. The topological polar surface area (TPSA) is 105 Å². The van der Waals surface area contributed by atoms with E-state index in [0.29, 0.717) is 65.4 Å². The summed E-state index contributed by atoms with van der Waals surface area (Å²) in [4.78, 5) is 30.3. The Kier molecular flexibility index (Phi) is 6.39. The molecule has 0 spiro atoms. The fraction of sp³-hybridized carbons (Fsp3) is 0. The van der Waals surface area contributed by atoms with E-state index in [-0.39, 0.29) is 0 Å². The van der Waals surface area contributed by atoms with Crippen molar-refractivity contribution in [1.82, 2.24) is 9.97 Å². The summed E-state index contributed by atoms with van der Waals surface area (Å²) in [6.07, 6.45) is 21.4. The highest BCUT2D eigenvalue weighted by atomic mass is 32.1. The second-order valence-corrected chi connectivity index (χ2v) is 13.9. The lowest BCUT2D eigenvalue weighted by atomic mass is 9.95. The van der Waals surface area contributed by atoms with Crippen LogP contribution in [0.15, 0.2) is 133 Å². The van der Waals surface area contributed by atoms with Gasteiger partial charge in [0.25, 0.3) is 0 Å². The minimum absolute atomic E-state index is 0.525. The van der Waals surface area contributed by atoms with Crippen LogP contribution in [0, 0.1) is 0 Å². The van der Waals surface area contributed by atoms with Gasteiger partial charge in [0.15, 0.2) is 11.6 Å². The highest BCUT2D eigenvalue weighted by Gasteiger charge is 2.30. The summed E-state index contributed by atoms with van der Waals surface area (Å²) in [5, 5.41) is 8.86. The maximum atomic E-state index is 5.96. The lowest BCUT2D eigenvalue weighted by Gasteiger charge is -2.13. The largest absolute Gasteiger partial charge is 0.325 e. The molecule has 8 bridgehead atoms. The molecule has 3 aromatic rings. The number of benzene rings is 1. The molecule has 236 valence electrons. The predicted octanol–water partition coefficient (Wildman–Crippen LogP) is 4.87. The molecule has 0 radical (unpaired) electrons. The molecule has 8 nitrogen and oxygen atoms in total. The SMILES string of the molecule is S=C1C=CC2=C3N=C(Nc4[nH]c(c5c4C=CC(=S)C=5)=NC4=C5C=CC(=S)C=C5C(=N4)Nc4[nH]c(c5c4C=CC(=S)C=5c4ccccc4)=N3)C2=C1. The van der Waals surface area contributed by atoms with Gasteiger partial charge in [-0.1, -0.05) is 79.2 Å². The third-order valence-electron chi connectivity index (χ3n) is 9.07. The number of aromatic amines is 2. The second kappa shape index (κ2) is 10.9. The molecule has 3 aliphatic heterocycles. The van der Waals surface area contributed by atoms with Crippen molar-refractivity contribution in [3.8, 4) is 0 Å². The Morgan fingerprint density at radius 3 is 1.76 bits per heavy atom. The Morgan fingerprint density at radius 1 is 0.520 bits per heavy atom. The maximum Gasteiger partial charge on any atom is 0.164 e. The van der Waals surface area contributed by atoms with E-state index < -0.39 is 0 Å². The van der Waals surface area contributed by atoms with Gasteiger partial charge in [0.2, 0.25) is 0 Å². The van der Waals surface area contributed by atoms with E-state index in [1.165, 1.54) is 0 Å². The van der Waals surface area contributed by atoms with E-state index in [2.05, 4.69) is 32.7 Å². The molecule has 4 N–H and O–H groups in total. The average molecular weight is 717 g/mol. The van der Waals surface area contributed by atoms with Crippen molar-refractivity contribution < 1.29 is 0 Å². The van der Waals surface area contributed by atoms with Gasteiger partial charge in [-0.15, -0.1) is 0 Å². The van der Waals surface area contributed by atoms with Gasteiger partial charge in [-0.25, -0.2) is 20.0 Å². The first kappa shape index (κ1) is 29.3. The molecule has 1 aromatic carbocycles. The standard InChI is InChI=1S/C38H20N8S4/c47-18-6-9-21-25(14-18)35-39-31(21)41-36-27-16-20(49)8-11-23(27)33(43-36)45-38-30-24(12-13-28(50)29(30)17-4-2-1-3-5-17)34(46-38)44-37-26-15-19(48)7-10-22(26)32(40-35)42-37/h1-16H,(H,39,40)(H,41,43)(H,42,44)(H,45,46). The van der Waals surface area contributed by atoms with Crippen LogP contribution in [-0.4, -0.2) is 41.1 Å². The number of nitrogens with zero attached hydrogens (tertiary/aromatic N) is 4. The smallest absolute Gasteiger partial charge is 0.164 e. The summed E-state index contributed by atoms with van der Waals surface area (Å²) in [7, 11) is 0. The molecule has 0 unspecified atom stereocenters. The Bertz CT molecular complexity index is 2860. The first-order valence-corrected chi connectivity index (χ1v) is 17.3. The van der Waals surface area contributed by atoms with Crippen LogP contribution >= 0.6 is 48.9 Å². The maximum absolute atomic E-state index is 5.96. The average Bonchev–Trinajstić information content (AvgIpc) is 3.83. The number of rotatable bonds is 1. The molecule has 0 saturated carbocycles. The molecule has 0 saturated heterocycles. The van der Waals surface area contributed by atoms with Gasteiger partial charge in [-0.2, -0.15) is 0 Å². The molecule has 10 rings (SSSR count). The van der Waals surface area contributed by atoms with Crippen LogP contribution in [-0.2, 0) is 0 Å². The molecule has 2 aromatic heterocycles. The number of allylic oxidation sites excluding steroid dienone is 8. The van der Waals surface area contributed by atoms with Crippen molar-refractivity contribution in [3.05, 3.63) is 151 Å². The number of anilines is 2. The van der Waals surface area contributed by atoms with Gasteiger partial charge >= 0.3 is 0 Å². The molecular formula is C38H20N8S4. The summed E-state index contributed by atoms with van der Waals surface area (Å²) in [5.74, 6) is 3.67. The number of aromatic nitrogens is 2. The lowest BCUT2D eigenvalue weighted by Crippen LogP contribution is -2.31. The number of aliphatic imine (C=N–C) groups is 2. The molecule has 5 heterocycles. The normalized spacial score (nSPS) is 19.3. The van der Waals surface area contributed by atoms with Gasteiger partial charge in [0.1, 0.15) is 34.3 Å². The zero-order valence-electron chi connectivity index (χ0n) is 25.7. The van der Waals surface area contributed by atoms with Crippen LogP contribution in [0.2, 0.25) is 0 Å². The van der Waals surface area contributed by atoms with Crippen LogP contribution in [0.25, 0.3) is 23.8 Å². The Labute approximate surface area is 305 Å². The van der Waals surface area contributed by atoms with Crippen molar-refractivity contribution in [2.24, 2.45) is 20.0 Å². The molecule has 12 heteroatoms. The monoisotopic (exact) mass is 716 g/mol. The van der Waals surface area contributed by atoms with E-state index >= 15 is 0 Å². The molecule has 0 fully saturated rings. The Hall–Kier alpha value is -5.66. The van der Waals surface area contributed by atoms with Crippen molar-refractivity contribution >= 4 is 115 Å². The van der Waals surface area contributed by atoms with E-state index in [0.717, 1.165) is 55.0 Å². The molecule has 4 aliphatic carbocycles. The van der Waals surface area contributed by atoms with Crippen molar-refractivity contribution in [1.29, 1.82) is 0 Å². The number of H-pyrrole nitrogens is 2. The molecular weight excluding hydrogens is 697 g/mol. The first-order valence-electron chi connectivity index (χ1n) is 15.6. The van der Waals surface area contributed by atoms with Crippen molar-refractivity contribution in [2.75, 3.05) is 10.6 Å². The van der Waals surface area contributed by atoms with E-state index in [1.54, 1.807) is 0 Å². The van der Waals surface area contributed by atoms with E-state index in [4.69, 9.17) is 68.8 Å². The minimum atomic E-state index is 0.525. The third kappa shape index (κ3) is 4.53. The summed E-state index contributed by atoms with van der Waals surface area (Å²) in [6, 6.07) is 10.1. The zero-order chi connectivity index (χ0) is 33.7. The van der Waals surface area contributed by atoms with Crippen LogP contribution in [0.1, 0.15) is 16.7 Å². The van der Waals surface area contributed by atoms with E-state index in [9.17, 15) is 0 Å². The summed E-state index contributed by atoms with van der Waals surface area (Å²) >= 11 is 22.8. The van der Waals surface area contributed by atoms with Crippen LogP contribution in [0.5, 0.6) is 0 Å². The summed E-state index contributed by atoms with van der Waals surface area (Å²) < 4.78 is 0. The van der Waals surface area contributed by atoms with Gasteiger partial charge in [0, 0.05) is 68.9 Å². The first-order chi connectivity index (χ1) is 24.4. The molecule has 7 aliphatic rings. The number of nitrogens with one attached hydrogen (secondary N) is 4. The van der Waals surface area contributed by atoms with Crippen molar-refractivity contribution in [2.45, 2.75) is 0 Å². The fourth-order valence-electron chi connectivity index (χ4n) is 6.83. The summed E-state index contributed by atoms with van der Waals surface area (Å²) in [6.45, 7) is 0. The van der Waals surface area contributed by atoms with Crippen LogP contribution in [0.4, 0.5) is 11.6 Å². The number of hydrogen-bond donors (Lipinski definition) is 4. The second-order valence-electron chi connectivity index (χ2n) is 12.1. The fourth-order valence-corrected chi connectivity index (χ4v) is 7.67.